The van der Waals surface area contributed by atoms with E-state index in [2.05, 4.69) is 25.9 Å². The molecule has 1 aromatic heterocycles. The lowest BCUT2D eigenvalue weighted by Gasteiger charge is -2.17. The second kappa shape index (κ2) is 6.72. The third-order valence-corrected chi connectivity index (χ3v) is 5.19. The van der Waals surface area contributed by atoms with Crippen molar-refractivity contribution in [3.8, 4) is 5.88 Å². The number of benzene rings is 1. The number of fused-ring (bicyclic) bond motifs is 1. The van der Waals surface area contributed by atoms with E-state index in [1.54, 1.807) is 10.6 Å². The number of rotatable bonds is 3. The summed E-state index contributed by atoms with van der Waals surface area (Å²) in [5, 5.41) is 10.7. The van der Waals surface area contributed by atoms with Gasteiger partial charge in [-0.2, -0.15) is 0 Å². The number of halogens is 1. The van der Waals surface area contributed by atoms with E-state index >= 15 is 0 Å². The first kappa shape index (κ1) is 17.8. The summed E-state index contributed by atoms with van der Waals surface area (Å²) < 4.78 is 2.72. The minimum atomic E-state index is -0.411. The minimum absolute atomic E-state index is 0.0266. The summed E-state index contributed by atoms with van der Waals surface area (Å²) >= 11 is 8.67. The molecule has 2 heterocycles. The molecule has 1 aliphatic rings. The molecule has 0 fully saturated rings. The molecular formula is C18H18BrN3O2S. The van der Waals surface area contributed by atoms with Crippen LogP contribution in [0, 0.1) is 4.77 Å². The summed E-state index contributed by atoms with van der Waals surface area (Å²) in [7, 11) is 0. The predicted molar refractivity (Wildman–Crippen MR) is 107 cm³/mol. The van der Waals surface area contributed by atoms with Crippen LogP contribution in [0.1, 0.15) is 44.4 Å². The summed E-state index contributed by atoms with van der Waals surface area (Å²) in [5.41, 5.74) is 3.15. The van der Waals surface area contributed by atoms with Gasteiger partial charge < -0.3 is 5.11 Å². The lowest BCUT2D eigenvalue weighted by atomic mass is 10.0. The monoisotopic (exact) mass is 419 g/mol. The van der Waals surface area contributed by atoms with Crippen LogP contribution in [0.5, 0.6) is 5.88 Å². The van der Waals surface area contributed by atoms with Crippen molar-refractivity contribution in [3.63, 3.8) is 0 Å². The van der Waals surface area contributed by atoms with Crippen LogP contribution in [0.15, 0.2) is 32.5 Å². The number of aromatic nitrogens is 2. The van der Waals surface area contributed by atoms with Gasteiger partial charge in [0.25, 0.3) is 5.56 Å². The van der Waals surface area contributed by atoms with Gasteiger partial charge in [0.05, 0.1) is 5.69 Å². The highest BCUT2D eigenvalue weighted by molar-refractivity contribution is 9.10. The number of hydrogen-bond donors (Lipinski definition) is 2. The van der Waals surface area contributed by atoms with Crippen molar-refractivity contribution in [2.75, 3.05) is 0 Å². The van der Waals surface area contributed by atoms with Crippen LogP contribution in [-0.2, 0) is 0 Å². The summed E-state index contributed by atoms with van der Waals surface area (Å²) in [4.78, 5) is 19.6. The van der Waals surface area contributed by atoms with Gasteiger partial charge in [0, 0.05) is 27.4 Å². The zero-order valence-electron chi connectivity index (χ0n) is 14.1. The largest absolute Gasteiger partial charge is 0.494 e. The Kier molecular flexibility index (Phi) is 4.79. The van der Waals surface area contributed by atoms with Crippen molar-refractivity contribution in [1.82, 2.24) is 9.55 Å². The van der Waals surface area contributed by atoms with Gasteiger partial charge in [-0.25, -0.2) is 0 Å². The number of allylic oxidation sites excluding steroid dienone is 1. The van der Waals surface area contributed by atoms with Crippen LogP contribution >= 0.6 is 28.1 Å². The Morgan fingerprint density at radius 3 is 2.88 bits per heavy atom. The Hall–Kier alpha value is -1.99. The minimum Gasteiger partial charge on any atom is -0.494 e. The van der Waals surface area contributed by atoms with Crippen molar-refractivity contribution >= 4 is 51.2 Å². The molecule has 0 aliphatic carbocycles. The Morgan fingerprint density at radius 1 is 1.48 bits per heavy atom. The molecule has 0 spiro atoms. The third kappa shape index (κ3) is 3.14. The maximum Gasteiger partial charge on any atom is 0.262 e. The molecule has 5 nitrogen and oxygen atoms in total. The number of nitrogens with zero attached hydrogens (tertiary/aromatic N) is 2. The predicted octanol–water partition coefficient (Wildman–Crippen LogP) is 4.99. The first-order valence-electron chi connectivity index (χ1n) is 7.98. The molecule has 130 valence electrons. The second-order valence-electron chi connectivity index (χ2n) is 6.04. The molecule has 0 amide bonds. The van der Waals surface area contributed by atoms with Gasteiger partial charge in [0.1, 0.15) is 5.56 Å². The van der Waals surface area contributed by atoms with Crippen molar-refractivity contribution in [3.05, 3.63) is 48.9 Å². The van der Waals surface area contributed by atoms with E-state index in [1.807, 2.05) is 39.0 Å². The van der Waals surface area contributed by atoms with E-state index in [0.29, 0.717) is 0 Å². The highest BCUT2D eigenvalue weighted by Gasteiger charge is 2.21. The quantitative estimate of drug-likeness (QED) is 0.688. The van der Waals surface area contributed by atoms with Crippen molar-refractivity contribution in [1.29, 1.82) is 0 Å². The molecular weight excluding hydrogens is 402 g/mol. The van der Waals surface area contributed by atoms with Gasteiger partial charge in [-0.15, -0.1) is 0 Å². The molecule has 0 saturated heterocycles. The third-order valence-electron chi connectivity index (χ3n) is 4.40. The molecule has 2 aromatic rings. The molecule has 7 heteroatoms. The number of hydrogen-bond acceptors (Lipinski definition) is 4. The van der Waals surface area contributed by atoms with E-state index in [9.17, 15) is 9.90 Å². The van der Waals surface area contributed by atoms with E-state index in [-0.39, 0.29) is 22.3 Å². The fraction of sp³-hybridized carbons (Fsp3) is 0.278. The van der Waals surface area contributed by atoms with Crippen LogP contribution < -0.4 is 5.56 Å². The highest BCUT2D eigenvalue weighted by atomic mass is 79.9. The summed E-state index contributed by atoms with van der Waals surface area (Å²) in [6.45, 7) is 5.82. The number of H-pyrrole nitrogens is 1. The molecule has 0 saturated carbocycles. The molecule has 2 N–H and O–H groups in total. The zero-order chi connectivity index (χ0) is 18.3. The van der Waals surface area contributed by atoms with Crippen molar-refractivity contribution in [2.45, 2.75) is 33.2 Å². The van der Waals surface area contributed by atoms with Gasteiger partial charge in [-0.1, -0.05) is 22.9 Å². The summed E-state index contributed by atoms with van der Waals surface area (Å²) in [5.74, 6) is -0.119. The van der Waals surface area contributed by atoms with Crippen molar-refractivity contribution in [2.24, 2.45) is 4.99 Å². The topological polar surface area (TPSA) is 70.4 Å². The van der Waals surface area contributed by atoms with E-state index in [4.69, 9.17) is 12.2 Å². The smallest absolute Gasteiger partial charge is 0.262 e. The Balaban J connectivity index is 2.25. The molecule has 25 heavy (non-hydrogen) atoms. The Morgan fingerprint density at radius 2 is 2.20 bits per heavy atom. The van der Waals surface area contributed by atoms with Gasteiger partial charge in [-0.05, 0) is 56.8 Å². The molecule has 1 unspecified atom stereocenters. The number of aromatic hydroxyl groups is 1. The molecule has 1 atom stereocenters. The number of aliphatic imine (C=N–C) groups is 1. The SMILES string of the molecule is CCC(C)n1c(O)c(C=C2C(C)=Nc3ccc(Br)cc32)c(=O)[nH]c1=S. The van der Waals surface area contributed by atoms with Crippen LogP contribution in [0.4, 0.5) is 5.69 Å². The van der Waals surface area contributed by atoms with Crippen LogP contribution in [0.3, 0.4) is 0 Å². The summed E-state index contributed by atoms with van der Waals surface area (Å²) in [6, 6.07) is 5.77. The van der Waals surface area contributed by atoms with Gasteiger partial charge >= 0.3 is 0 Å². The molecule has 1 aromatic carbocycles. The second-order valence-corrected chi connectivity index (χ2v) is 7.34. The normalized spacial score (nSPS) is 16.0. The number of aromatic amines is 1. The van der Waals surface area contributed by atoms with E-state index in [1.165, 1.54) is 0 Å². The maximum atomic E-state index is 12.4. The fourth-order valence-corrected chi connectivity index (χ4v) is 3.58. The lowest BCUT2D eigenvalue weighted by molar-refractivity contribution is 0.371. The van der Waals surface area contributed by atoms with Gasteiger partial charge in [-0.3, -0.25) is 19.3 Å². The van der Waals surface area contributed by atoms with E-state index < -0.39 is 5.56 Å². The Labute approximate surface area is 158 Å². The standard InChI is InChI=1S/C18H18BrN3O2S/c1-4-9(2)22-17(24)14(16(23)21-18(22)25)8-12-10(3)20-15-6-5-11(19)7-13(12)15/h5-9,24H,4H2,1-3H3,(H,21,23,25). The molecule has 1 aliphatic heterocycles. The van der Waals surface area contributed by atoms with E-state index in [0.717, 1.165) is 33.4 Å². The van der Waals surface area contributed by atoms with Crippen LogP contribution in [0.25, 0.3) is 11.6 Å². The zero-order valence-corrected chi connectivity index (χ0v) is 16.5. The molecule has 3 rings (SSSR count). The lowest BCUT2D eigenvalue weighted by Crippen LogP contribution is -2.19. The first-order chi connectivity index (χ1) is 11.8. The first-order valence-corrected chi connectivity index (χ1v) is 9.18. The Bertz CT molecular complexity index is 1030. The number of nitrogens with one attached hydrogen (secondary N) is 1. The van der Waals surface area contributed by atoms with Gasteiger partial charge in [0.15, 0.2) is 4.77 Å². The van der Waals surface area contributed by atoms with Gasteiger partial charge in [0.2, 0.25) is 5.88 Å². The fourth-order valence-electron chi connectivity index (χ4n) is 2.86. The average Bonchev–Trinajstić information content (AvgIpc) is 2.85. The highest BCUT2D eigenvalue weighted by Crippen LogP contribution is 2.38. The van der Waals surface area contributed by atoms with Crippen LogP contribution in [-0.4, -0.2) is 20.4 Å². The molecule has 0 bridgehead atoms. The average molecular weight is 420 g/mol. The molecule has 0 radical (unpaired) electrons. The van der Waals surface area contributed by atoms with Crippen LogP contribution in [0.2, 0.25) is 0 Å². The maximum absolute atomic E-state index is 12.4. The van der Waals surface area contributed by atoms with Crippen molar-refractivity contribution < 1.29 is 5.11 Å². The summed E-state index contributed by atoms with van der Waals surface area (Å²) in [6.07, 6.45) is 2.46.